The van der Waals surface area contributed by atoms with Gasteiger partial charge in [-0.25, -0.2) is 4.98 Å². The van der Waals surface area contributed by atoms with E-state index in [1.165, 1.54) is 12.3 Å². The van der Waals surface area contributed by atoms with E-state index in [0.717, 1.165) is 11.3 Å². The van der Waals surface area contributed by atoms with Crippen LogP contribution in [0.2, 0.25) is 10.2 Å². The van der Waals surface area contributed by atoms with Crippen molar-refractivity contribution in [3.8, 4) is 0 Å². The van der Waals surface area contributed by atoms with Crippen molar-refractivity contribution in [2.24, 2.45) is 0 Å². The summed E-state index contributed by atoms with van der Waals surface area (Å²) in [5.41, 5.74) is 2.01. The SMILES string of the molecule is Cc1ccc(CNC(=O)c2c(Cl)ccnc2Cl)cn1. The third-order valence-electron chi connectivity index (χ3n) is 2.51. The molecule has 0 radical (unpaired) electrons. The summed E-state index contributed by atoms with van der Waals surface area (Å²) < 4.78 is 0. The first-order valence-electron chi connectivity index (χ1n) is 5.57. The van der Waals surface area contributed by atoms with Crippen molar-refractivity contribution in [1.29, 1.82) is 0 Å². The summed E-state index contributed by atoms with van der Waals surface area (Å²) in [5, 5.41) is 3.10. The summed E-state index contributed by atoms with van der Waals surface area (Å²) in [7, 11) is 0. The van der Waals surface area contributed by atoms with Gasteiger partial charge in [0.2, 0.25) is 0 Å². The number of amides is 1. The van der Waals surface area contributed by atoms with E-state index in [2.05, 4.69) is 15.3 Å². The average Bonchev–Trinajstić information content (AvgIpc) is 2.38. The molecule has 1 N–H and O–H groups in total. The fourth-order valence-electron chi connectivity index (χ4n) is 1.49. The van der Waals surface area contributed by atoms with E-state index in [-0.39, 0.29) is 21.6 Å². The van der Waals surface area contributed by atoms with Crippen LogP contribution in [0, 0.1) is 6.92 Å². The number of aromatic nitrogens is 2. The highest BCUT2D eigenvalue weighted by Gasteiger charge is 2.15. The normalized spacial score (nSPS) is 10.3. The van der Waals surface area contributed by atoms with Crippen LogP contribution in [0.4, 0.5) is 0 Å². The third-order valence-corrected chi connectivity index (χ3v) is 3.11. The van der Waals surface area contributed by atoms with Crippen LogP contribution >= 0.6 is 23.2 Å². The number of nitrogens with zero attached hydrogens (tertiary/aromatic N) is 2. The minimum absolute atomic E-state index is 0.0898. The Bertz CT molecular complexity index is 579. The van der Waals surface area contributed by atoms with Crippen molar-refractivity contribution in [3.05, 3.63) is 57.6 Å². The molecular formula is C13H11Cl2N3O. The molecular weight excluding hydrogens is 285 g/mol. The molecule has 0 spiro atoms. The maximum Gasteiger partial charge on any atom is 0.256 e. The summed E-state index contributed by atoms with van der Waals surface area (Å²) in [6.07, 6.45) is 3.16. The Labute approximate surface area is 120 Å². The largest absolute Gasteiger partial charge is 0.348 e. The van der Waals surface area contributed by atoms with Gasteiger partial charge < -0.3 is 5.32 Å². The molecule has 2 rings (SSSR count). The highest BCUT2D eigenvalue weighted by molar-refractivity contribution is 6.38. The van der Waals surface area contributed by atoms with Crippen LogP contribution in [0.5, 0.6) is 0 Å². The molecule has 0 fully saturated rings. The van der Waals surface area contributed by atoms with Crippen LogP contribution in [0.3, 0.4) is 0 Å². The monoisotopic (exact) mass is 295 g/mol. The zero-order valence-electron chi connectivity index (χ0n) is 10.2. The van der Waals surface area contributed by atoms with Crippen LogP contribution < -0.4 is 5.32 Å². The first-order valence-corrected chi connectivity index (χ1v) is 6.33. The Morgan fingerprint density at radius 2 is 2.05 bits per heavy atom. The van der Waals surface area contributed by atoms with Crippen LogP contribution in [-0.4, -0.2) is 15.9 Å². The van der Waals surface area contributed by atoms with Gasteiger partial charge >= 0.3 is 0 Å². The number of rotatable bonds is 3. The molecule has 0 aliphatic rings. The van der Waals surface area contributed by atoms with Gasteiger partial charge in [-0.15, -0.1) is 0 Å². The van der Waals surface area contributed by atoms with Gasteiger partial charge in [0.25, 0.3) is 5.91 Å². The zero-order chi connectivity index (χ0) is 13.8. The van der Waals surface area contributed by atoms with E-state index in [4.69, 9.17) is 23.2 Å². The standard InChI is InChI=1S/C13H11Cl2N3O/c1-8-2-3-9(6-17-8)7-18-13(19)11-10(14)4-5-16-12(11)15/h2-6H,7H2,1H3,(H,18,19). The molecule has 0 aliphatic carbocycles. The molecule has 2 aromatic heterocycles. The van der Waals surface area contributed by atoms with E-state index in [1.54, 1.807) is 6.20 Å². The second-order valence-corrected chi connectivity index (χ2v) is 4.71. The first-order chi connectivity index (χ1) is 9.08. The molecule has 0 unspecified atom stereocenters. The predicted molar refractivity (Wildman–Crippen MR) is 74.4 cm³/mol. The summed E-state index contributed by atoms with van der Waals surface area (Å²) >= 11 is 11.8. The Kier molecular flexibility index (Phi) is 4.35. The molecule has 98 valence electrons. The molecule has 0 aromatic carbocycles. The number of pyridine rings is 2. The molecule has 4 nitrogen and oxygen atoms in total. The number of carbonyl (C=O) groups is 1. The van der Waals surface area contributed by atoms with Gasteiger partial charge in [-0.3, -0.25) is 9.78 Å². The molecule has 2 heterocycles. The van der Waals surface area contributed by atoms with Gasteiger partial charge in [-0.1, -0.05) is 29.3 Å². The minimum Gasteiger partial charge on any atom is -0.348 e. The topological polar surface area (TPSA) is 54.9 Å². The zero-order valence-corrected chi connectivity index (χ0v) is 11.7. The summed E-state index contributed by atoms with van der Waals surface area (Å²) in [6.45, 7) is 2.26. The van der Waals surface area contributed by atoms with E-state index in [0.29, 0.717) is 6.54 Å². The first kappa shape index (κ1) is 13.8. The molecule has 6 heteroatoms. The lowest BCUT2D eigenvalue weighted by Gasteiger charge is -2.07. The number of hydrogen-bond acceptors (Lipinski definition) is 3. The van der Waals surface area contributed by atoms with Gasteiger partial charge in [0, 0.05) is 24.6 Å². The Balaban J connectivity index is 2.07. The highest BCUT2D eigenvalue weighted by atomic mass is 35.5. The lowest BCUT2D eigenvalue weighted by atomic mass is 10.2. The predicted octanol–water partition coefficient (Wildman–Crippen LogP) is 3.02. The van der Waals surface area contributed by atoms with Gasteiger partial charge in [0.15, 0.2) is 0 Å². The van der Waals surface area contributed by atoms with Crippen LogP contribution in [0.15, 0.2) is 30.6 Å². The number of carbonyl (C=O) groups excluding carboxylic acids is 1. The Hall–Kier alpha value is -1.65. The summed E-state index contributed by atoms with van der Waals surface area (Å²) in [6, 6.07) is 5.30. The van der Waals surface area contributed by atoms with Crippen molar-refractivity contribution in [2.75, 3.05) is 0 Å². The van der Waals surface area contributed by atoms with Crippen molar-refractivity contribution in [3.63, 3.8) is 0 Å². The quantitative estimate of drug-likeness (QED) is 0.886. The Morgan fingerprint density at radius 3 is 2.68 bits per heavy atom. The maximum atomic E-state index is 12.0. The number of aryl methyl sites for hydroxylation is 1. The smallest absolute Gasteiger partial charge is 0.256 e. The molecule has 1 amide bonds. The van der Waals surface area contributed by atoms with Crippen molar-refractivity contribution >= 4 is 29.1 Å². The maximum absolute atomic E-state index is 12.0. The fourth-order valence-corrected chi connectivity index (χ4v) is 2.01. The van der Waals surface area contributed by atoms with Gasteiger partial charge in [0.05, 0.1) is 10.6 Å². The van der Waals surface area contributed by atoms with E-state index >= 15 is 0 Å². The second-order valence-electron chi connectivity index (χ2n) is 3.95. The highest BCUT2D eigenvalue weighted by Crippen LogP contribution is 2.21. The minimum atomic E-state index is -0.358. The lowest BCUT2D eigenvalue weighted by molar-refractivity contribution is 0.0951. The van der Waals surface area contributed by atoms with Crippen molar-refractivity contribution in [2.45, 2.75) is 13.5 Å². The van der Waals surface area contributed by atoms with E-state index in [1.807, 2.05) is 19.1 Å². The van der Waals surface area contributed by atoms with E-state index < -0.39 is 0 Å². The molecule has 0 saturated heterocycles. The van der Waals surface area contributed by atoms with Gasteiger partial charge in [-0.2, -0.15) is 0 Å². The summed E-state index contributed by atoms with van der Waals surface area (Å²) in [5.74, 6) is -0.358. The Morgan fingerprint density at radius 1 is 1.26 bits per heavy atom. The molecule has 19 heavy (non-hydrogen) atoms. The average molecular weight is 296 g/mol. The van der Waals surface area contributed by atoms with Gasteiger partial charge in [0.1, 0.15) is 5.15 Å². The van der Waals surface area contributed by atoms with Gasteiger partial charge in [-0.05, 0) is 24.6 Å². The van der Waals surface area contributed by atoms with Crippen molar-refractivity contribution in [1.82, 2.24) is 15.3 Å². The molecule has 2 aromatic rings. The van der Waals surface area contributed by atoms with Crippen LogP contribution in [0.1, 0.15) is 21.6 Å². The number of nitrogens with one attached hydrogen (secondary N) is 1. The molecule has 0 saturated carbocycles. The van der Waals surface area contributed by atoms with Crippen LogP contribution in [-0.2, 0) is 6.54 Å². The molecule has 0 bridgehead atoms. The van der Waals surface area contributed by atoms with Crippen LogP contribution in [0.25, 0.3) is 0 Å². The fraction of sp³-hybridized carbons (Fsp3) is 0.154. The number of halogens is 2. The molecule has 0 aliphatic heterocycles. The third kappa shape index (κ3) is 3.43. The number of hydrogen-bond donors (Lipinski definition) is 1. The second kappa shape index (κ2) is 5.99. The lowest BCUT2D eigenvalue weighted by Crippen LogP contribution is -2.23. The van der Waals surface area contributed by atoms with Crippen molar-refractivity contribution < 1.29 is 4.79 Å². The molecule has 0 atom stereocenters. The summed E-state index contributed by atoms with van der Waals surface area (Å²) in [4.78, 5) is 20.0. The van der Waals surface area contributed by atoms with E-state index in [9.17, 15) is 4.79 Å².